The average Bonchev–Trinajstić information content (AvgIpc) is 2.55. The third-order valence-electron chi connectivity index (χ3n) is 3.08. The van der Waals surface area contributed by atoms with Crippen LogP contribution in [-0.2, 0) is 9.59 Å². The van der Waals surface area contributed by atoms with Crippen molar-refractivity contribution in [1.82, 2.24) is 0 Å². The molecule has 142 valence electrons. The molecular weight excluding hydrogens is 411 g/mol. The Morgan fingerprint density at radius 1 is 1.00 bits per heavy atom. The van der Waals surface area contributed by atoms with E-state index < -0.39 is 5.91 Å². The van der Waals surface area contributed by atoms with Gasteiger partial charge in [-0.2, -0.15) is 0 Å². The lowest BCUT2D eigenvalue weighted by molar-refractivity contribution is -0.120. The number of thiocarbonyl (C=S) groups is 1. The minimum atomic E-state index is -0.640. The molecule has 0 radical (unpaired) electrons. The number of rotatable bonds is 6. The first-order chi connectivity index (χ1) is 12.7. The van der Waals surface area contributed by atoms with Crippen LogP contribution >= 0.6 is 35.4 Å². The van der Waals surface area contributed by atoms with E-state index in [9.17, 15) is 9.59 Å². The summed E-state index contributed by atoms with van der Waals surface area (Å²) < 4.78 is 5.18. The fourth-order valence-electron chi connectivity index (χ4n) is 2.05. The Bertz CT molecular complexity index is 852. The molecule has 0 aliphatic rings. The standard InChI is InChI=1S/C17H16Cl2N4O3S/c1-9(24)21-10-2-4-11(5-3-10)22-17(27)23-12-6-13(18)16(14(19)7-12)26-8-15(20)25/h2-7H,8H2,1H3,(H2,20,25)(H,21,24)(H2,22,23,27). The van der Waals surface area contributed by atoms with Gasteiger partial charge in [-0.1, -0.05) is 23.2 Å². The summed E-state index contributed by atoms with van der Waals surface area (Å²) >= 11 is 17.5. The number of nitrogens with one attached hydrogen (secondary N) is 3. The van der Waals surface area contributed by atoms with Gasteiger partial charge in [-0.15, -0.1) is 0 Å². The molecule has 0 saturated carbocycles. The van der Waals surface area contributed by atoms with Gasteiger partial charge < -0.3 is 26.4 Å². The molecular formula is C17H16Cl2N4O3S. The Morgan fingerprint density at radius 3 is 1.96 bits per heavy atom. The molecule has 2 aromatic carbocycles. The van der Waals surface area contributed by atoms with E-state index in [0.29, 0.717) is 16.5 Å². The van der Waals surface area contributed by atoms with E-state index in [-0.39, 0.29) is 28.3 Å². The van der Waals surface area contributed by atoms with Crippen LogP contribution in [0.15, 0.2) is 36.4 Å². The first-order valence-corrected chi connectivity index (χ1v) is 8.77. The second kappa shape index (κ2) is 9.40. The highest BCUT2D eigenvalue weighted by atomic mass is 35.5. The van der Waals surface area contributed by atoms with Crippen molar-refractivity contribution in [2.75, 3.05) is 22.6 Å². The van der Waals surface area contributed by atoms with E-state index in [2.05, 4.69) is 16.0 Å². The van der Waals surface area contributed by atoms with Gasteiger partial charge in [-0.05, 0) is 48.6 Å². The second-order valence-electron chi connectivity index (χ2n) is 5.36. The molecule has 2 amide bonds. The lowest BCUT2D eigenvalue weighted by Gasteiger charge is -2.14. The van der Waals surface area contributed by atoms with E-state index in [0.717, 1.165) is 5.69 Å². The summed E-state index contributed by atoms with van der Waals surface area (Å²) in [5.41, 5.74) is 6.97. The number of carbonyl (C=O) groups is 2. The number of ether oxygens (including phenoxy) is 1. The third kappa shape index (κ3) is 6.59. The zero-order valence-corrected chi connectivity index (χ0v) is 16.5. The van der Waals surface area contributed by atoms with E-state index >= 15 is 0 Å². The predicted octanol–water partition coefficient (Wildman–Crippen LogP) is 3.62. The van der Waals surface area contributed by atoms with Crippen LogP contribution in [0.2, 0.25) is 10.0 Å². The zero-order chi connectivity index (χ0) is 20.0. The zero-order valence-electron chi connectivity index (χ0n) is 14.1. The minimum absolute atomic E-state index is 0.148. The number of benzene rings is 2. The molecule has 10 heteroatoms. The summed E-state index contributed by atoms with van der Waals surface area (Å²) in [4.78, 5) is 21.8. The highest BCUT2D eigenvalue weighted by Crippen LogP contribution is 2.36. The van der Waals surface area contributed by atoms with Gasteiger partial charge in [0.05, 0.1) is 10.0 Å². The highest BCUT2D eigenvalue weighted by molar-refractivity contribution is 7.80. The summed E-state index contributed by atoms with van der Waals surface area (Å²) in [5.74, 6) is -0.626. The molecule has 0 fully saturated rings. The maximum atomic E-state index is 11.0. The van der Waals surface area contributed by atoms with Crippen molar-refractivity contribution in [3.05, 3.63) is 46.4 Å². The van der Waals surface area contributed by atoms with Crippen molar-refractivity contribution in [1.29, 1.82) is 0 Å². The minimum Gasteiger partial charge on any atom is -0.481 e. The first-order valence-electron chi connectivity index (χ1n) is 7.60. The van der Waals surface area contributed by atoms with Crippen molar-refractivity contribution in [2.24, 2.45) is 5.73 Å². The summed E-state index contributed by atoms with van der Waals surface area (Å²) in [6, 6.07) is 10.1. The number of nitrogens with two attached hydrogens (primary N) is 1. The Hall–Kier alpha value is -2.55. The summed E-state index contributed by atoms with van der Waals surface area (Å²) in [6.07, 6.45) is 0. The number of hydrogen-bond acceptors (Lipinski definition) is 4. The Kier molecular flexibility index (Phi) is 7.23. The normalized spacial score (nSPS) is 10.0. The molecule has 27 heavy (non-hydrogen) atoms. The van der Waals surface area contributed by atoms with Crippen LogP contribution in [-0.4, -0.2) is 23.5 Å². The molecule has 0 bridgehead atoms. The van der Waals surface area contributed by atoms with Gasteiger partial charge in [-0.3, -0.25) is 9.59 Å². The van der Waals surface area contributed by atoms with Crippen LogP contribution in [0.5, 0.6) is 5.75 Å². The maximum Gasteiger partial charge on any atom is 0.255 e. The lowest BCUT2D eigenvalue weighted by atomic mass is 10.2. The molecule has 0 heterocycles. The van der Waals surface area contributed by atoms with E-state index in [1.54, 1.807) is 36.4 Å². The molecule has 0 atom stereocenters. The Morgan fingerprint density at radius 2 is 1.48 bits per heavy atom. The van der Waals surface area contributed by atoms with E-state index in [4.69, 9.17) is 45.9 Å². The first kappa shape index (κ1) is 20.8. The summed E-state index contributed by atoms with van der Waals surface area (Å²) in [5, 5.41) is 9.32. The topological polar surface area (TPSA) is 105 Å². The lowest BCUT2D eigenvalue weighted by Crippen LogP contribution is -2.20. The molecule has 5 N–H and O–H groups in total. The number of carbonyl (C=O) groups excluding carboxylic acids is 2. The van der Waals surface area contributed by atoms with Crippen molar-refractivity contribution in [3.8, 4) is 5.75 Å². The largest absolute Gasteiger partial charge is 0.481 e. The van der Waals surface area contributed by atoms with E-state index in [1.807, 2.05) is 0 Å². The van der Waals surface area contributed by atoms with Gasteiger partial charge in [0.25, 0.3) is 5.91 Å². The molecule has 7 nitrogen and oxygen atoms in total. The van der Waals surface area contributed by atoms with Crippen LogP contribution < -0.4 is 26.4 Å². The molecule has 0 aliphatic carbocycles. The van der Waals surface area contributed by atoms with Gasteiger partial charge in [0.15, 0.2) is 17.5 Å². The smallest absolute Gasteiger partial charge is 0.255 e. The van der Waals surface area contributed by atoms with Crippen LogP contribution in [0.4, 0.5) is 17.1 Å². The van der Waals surface area contributed by atoms with Crippen molar-refractivity contribution in [3.63, 3.8) is 0 Å². The van der Waals surface area contributed by atoms with Gasteiger partial charge in [0.2, 0.25) is 5.91 Å². The second-order valence-corrected chi connectivity index (χ2v) is 6.58. The molecule has 0 aliphatic heterocycles. The number of halogens is 2. The molecule has 0 unspecified atom stereocenters. The van der Waals surface area contributed by atoms with Gasteiger partial charge in [0, 0.05) is 24.0 Å². The van der Waals surface area contributed by atoms with Crippen molar-refractivity contribution in [2.45, 2.75) is 6.92 Å². The maximum absolute atomic E-state index is 11.0. The van der Waals surface area contributed by atoms with Crippen LogP contribution in [0, 0.1) is 0 Å². The van der Waals surface area contributed by atoms with E-state index in [1.165, 1.54) is 6.92 Å². The van der Waals surface area contributed by atoms with Gasteiger partial charge >= 0.3 is 0 Å². The van der Waals surface area contributed by atoms with Crippen LogP contribution in [0.1, 0.15) is 6.92 Å². The molecule has 2 aromatic rings. The van der Waals surface area contributed by atoms with Gasteiger partial charge in [-0.25, -0.2) is 0 Å². The van der Waals surface area contributed by atoms with Crippen LogP contribution in [0.3, 0.4) is 0 Å². The number of primary amides is 1. The molecule has 0 aromatic heterocycles. The molecule has 0 spiro atoms. The number of hydrogen-bond donors (Lipinski definition) is 4. The molecule has 2 rings (SSSR count). The molecule has 0 saturated heterocycles. The van der Waals surface area contributed by atoms with Crippen molar-refractivity contribution >= 4 is 69.4 Å². The van der Waals surface area contributed by atoms with Crippen LogP contribution in [0.25, 0.3) is 0 Å². The number of amides is 2. The SMILES string of the molecule is CC(=O)Nc1ccc(NC(=S)Nc2cc(Cl)c(OCC(N)=O)c(Cl)c2)cc1. The Labute approximate surface area is 171 Å². The quantitative estimate of drug-likeness (QED) is 0.525. The third-order valence-corrected chi connectivity index (χ3v) is 3.84. The fourth-order valence-corrected chi connectivity index (χ4v) is 2.88. The fraction of sp³-hybridized carbons (Fsp3) is 0.118. The monoisotopic (exact) mass is 426 g/mol. The average molecular weight is 427 g/mol. The highest BCUT2D eigenvalue weighted by Gasteiger charge is 2.12. The predicted molar refractivity (Wildman–Crippen MR) is 112 cm³/mol. The van der Waals surface area contributed by atoms with Crippen molar-refractivity contribution < 1.29 is 14.3 Å². The van der Waals surface area contributed by atoms with Gasteiger partial charge in [0.1, 0.15) is 0 Å². The Balaban J connectivity index is 2.01. The summed E-state index contributed by atoms with van der Waals surface area (Å²) in [7, 11) is 0. The number of anilines is 3. The summed E-state index contributed by atoms with van der Waals surface area (Å²) in [6.45, 7) is 1.10.